The Morgan fingerprint density at radius 2 is 2.10 bits per heavy atom. The minimum Gasteiger partial charge on any atom is -0.338 e. The van der Waals surface area contributed by atoms with Crippen molar-refractivity contribution in [1.82, 2.24) is 14.9 Å². The molecule has 2 heterocycles. The standard InChI is InChI=1S/C15H18FN3OS/c1-8-3-4-19(7-9(8)2)14(20)11-5-10(16)6-12-13(11)18-15(21)17-12/h5-6,8-9H,3-4,7H2,1-2H3,(H2,17,18,21)/t8-,9+/m0/s1. The van der Waals surface area contributed by atoms with Crippen LogP contribution in [-0.2, 0) is 0 Å². The number of aromatic amines is 2. The van der Waals surface area contributed by atoms with Crippen LogP contribution in [-0.4, -0.2) is 33.9 Å². The molecule has 0 radical (unpaired) electrons. The SMILES string of the molecule is C[C@@H]1CN(C(=O)c2cc(F)cc3[nH]c(=S)[nH]c23)CC[C@@H]1C. The molecule has 21 heavy (non-hydrogen) atoms. The van der Waals surface area contributed by atoms with Gasteiger partial charge in [-0.25, -0.2) is 4.39 Å². The Bertz CT molecular complexity index is 751. The van der Waals surface area contributed by atoms with E-state index >= 15 is 0 Å². The third-order valence-corrected chi connectivity index (χ3v) is 4.65. The molecule has 2 aromatic rings. The highest BCUT2D eigenvalue weighted by atomic mass is 32.1. The van der Waals surface area contributed by atoms with Crippen LogP contribution in [0.25, 0.3) is 11.0 Å². The molecule has 1 aromatic carbocycles. The van der Waals surface area contributed by atoms with Crippen LogP contribution in [0.5, 0.6) is 0 Å². The average Bonchev–Trinajstić information content (AvgIpc) is 2.80. The summed E-state index contributed by atoms with van der Waals surface area (Å²) in [5, 5.41) is 0. The summed E-state index contributed by atoms with van der Waals surface area (Å²) in [6, 6.07) is 2.63. The van der Waals surface area contributed by atoms with Crippen LogP contribution in [0.3, 0.4) is 0 Å². The minimum absolute atomic E-state index is 0.136. The first-order chi connectivity index (χ1) is 9.95. The van der Waals surface area contributed by atoms with E-state index in [0.29, 0.717) is 46.3 Å². The smallest absolute Gasteiger partial charge is 0.256 e. The van der Waals surface area contributed by atoms with Crippen molar-refractivity contribution in [1.29, 1.82) is 0 Å². The highest BCUT2D eigenvalue weighted by Crippen LogP contribution is 2.26. The van der Waals surface area contributed by atoms with Crippen LogP contribution in [0.2, 0.25) is 0 Å². The molecule has 2 atom stereocenters. The molecule has 1 aliphatic heterocycles. The number of nitrogens with one attached hydrogen (secondary N) is 2. The number of hydrogen-bond acceptors (Lipinski definition) is 2. The lowest BCUT2D eigenvalue weighted by Gasteiger charge is -2.35. The predicted molar refractivity (Wildman–Crippen MR) is 82.3 cm³/mol. The normalized spacial score (nSPS) is 22.7. The van der Waals surface area contributed by atoms with Gasteiger partial charge in [0.2, 0.25) is 0 Å². The maximum Gasteiger partial charge on any atom is 0.256 e. The number of piperidine rings is 1. The minimum atomic E-state index is -0.436. The number of carbonyl (C=O) groups is 1. The molecule has 2 N–H and O–H groups in total. The quantitative estimate of drug-likeness (QED) is 0.793. The maximum absolute atomic E-state index is 13.7. The third-order valence-electron chi connectivity index (χ3n) is 4.44. The summed E-state index contributed by atoms with van der Waals surface area (Å²) in [6.45, 7) is 5.78. The molecular weight excluding hydrogens is 289 g/mol. The summed E-state index contributed by atoms with van der Waals surface area (Å²) in [4.78, 5) is 20.3. The number of likely N-dealkylation sites (tertiary alicyclic amines) is 1. The summed E-state index contributed by atoms with van der Waals surface area (Å²) >= 11 is 5.03. The Labute approximate surface area is 127 Å². The largest absolute Gasteiger partial charge is 0.338 e. The van der Waals surface area contributed by atoms with Crippen LogP contribution < -0.4 is 0 Å². The second kappa shape index (κ2) is 5.26. The highest BCUT2D eigenvalue weighted by Gasteiger charge is 2.28. The summed E-state index contributed by atoms with van der Waals surface area (Å²) in [5.41, 5.74) is 1.46. The van der Waals surface area contributed by atoms with Crippen LogP contribution in [0.15, 0.2) is 12.1 Å². The molecule has 0 unspecified atom stereocenters. The third kappa shape index (κ3) is 2.60. The predicted octanol–water partition coefficient (Wildman–Crippen LogP) is 3.48. The van der Waals surface area contributed by atoms with Crippen molar-refractivity contribution in [2.75, 3.05) is 13.1 Å². The van der Waals surface area contributed by atoms with Gasteiger partial charge in [0.15, 0.2) is 4.77 Å². The van der Waals surface area contributed by atoms with E-state index in [2.05, 4.69) is 23.8 Å². The second-order valence-electron chi connectivity index (χ2n) is 5.95. The Hall–Kier alpha value is -1.69. The van der Waals surface area contributed by atoms with Gasteiger partial charge in [0.05, 0.1) is 16.6 Å². The van der Waals surface area contributed by atoms with E-state index in [1.807, 2.05) is 4.90 Å². The lowest BCUT2D eigenvalue weighted by atomic mass is 9.88. The van der Waals surface area contributed by atoms with Crippen molar-refractivity contribution in [3.8, 4) is 0 Å². The summed E-state index contributed by atoms with van der Waals surface area (Å²) < 4.78 is 14.1. The van der Waals surface area contributed by atoms with Gasteiger partial charge in [-0.05, 0) is 42.6 Å². The van der Waals surface area contributed by atoms with Crippen molar-refractivity contribution in [3.05, 3.63) is 28.3 Å². The number of fused-ring (bicyclic) bond motifs is 1. The zero-order valence-corrected chi connectivity index (χ0v) is 12.9. The first-order valence-corrected chi connectivity index (χ1v) is 7.57. The van der Waals surface area contributed by atoms with Crippen LogP contribution in [0.4, 0.5) is 4.39 Å². The number of halogens is 1. The molecule has 4 nitrogen and oxygen atoms in total. The molecule has 112 valence electrons. The zero-order valence-electron chi connectivity index (χ0n) is 12.1. The summed E-state index contributed by atoms with van der Waals surface area (Å²) in [7, 11) is 0. The average molecular weight is 307 g/mol. The van der Waals surface area contributed by atoms with Gasteiger partial charge >= 0.3 is 0 Å². The fraction of sp³-hybridized carbons (Fsp3) is 0.467. The van der Waals surface area contributed by atoms with E-state index in [4.69, 9.17) is 12.2 Å². The lowest BCUT2D eigenvalue weighted by Crippen LogP contribution is -2.42. The number of H-pyrrole nitrogens is 2. The van der Waals surface area contributed by atoms with Gasteiger partial charge in [-0.15, -0.1) is 0 Å². The van der Waals surface area contributed by atoms with Crippen LogP contribution in [0.1, 0.15) is 30.6 Å². The van der Waals surface area contributed by atoms with Crippen molar-refractivity contribution in [3.63, 3.8) is 0 Å². The number of rotatable bonds is 1. The molecular formula is C15H18FN3OS. The van der Waals surface area contributed by atoms with Crippen molar-refractivity contribution >= 4 is 29.2 Å². The molecule has 1 aliphatic rings. The maximum atomic E-state index is 13.7. The molecule has 0 spiro atoms. The molecule has 0 bridgehead atoms. The number of amides is 1. The molecule has 6 heteroatoms. The van der Waals surface area contributed by atoms with Gasteiger partial charge in [0.25, 0.3) is 5.91 Å². The Balaban J connectivity index is 2.00. The van der Waals surface area contributed by atoms with E-state index < -0.39 is 5.82 Å². The second-order valence-corrected chi connectivity index (χ2v) is 6.36. The molecule has 1 aromatic heterocycles. The van der Waals surface area contributed by atoms with E-state index in [9.17, 15) is 9.18 Å². The summed E-state index contributed by atoms with van der Waals surface area (Å²) in [6.07, 6.45) is 0.981. The monoisotopic (exact) mass is 307 g/mol. The first kappa shape index (κ1) is 14.3. The Morgan fingerprint density at radius 3 is 2.81 bits per heavy atom. The molecule has 0 aliphatic carbocycles. The van der Waals surface area contributed by atoms with Crippen molar-refractivity contribution in [2.24, 2.45) is 11.8 Å². The van der Waals surface area contributed by atoms with Crippen molar-refractivity contribution < 1.29 is 9.18 Å². The van der Waals surface area contributed by atoms with E-state index in [-0.39, 0.29) is 5.91 Å². The molecule has 1 fully saturated rings. The zero-order chi connectivity index (χ0) is 15.1. The van der Waals surface area contributed by atoms with Gasteiger partial charge in [-0.3, -0.25) is 4.79 Å². The Kier molecular flexibility index (Phi) is 3.57. The van der Waals surface area contributed by atoms with E-state index in [1.54, 1.807) is 0 Å². The fourth-order valence-corrected chi connectivity index (χ4v) is 3.11. The highest BCUT2D eigenvalue weighted by molar-refractivity contribution is 7.71. The van der Waals surface area contributed by atoms with Crippen LogP contribution in [0, 0.1) is 22.4 Å². The van der Waals surface area contributed by atoms with Gasteiger partial charge in [-0.1, -0.05) is 13.8 Å². The molecule has 1 amide bonds. The first-order valence-electron chi connectivity index (χ1n) is 7.16. The number of imidazole rings is 1. The number of hydrogen-bond donors (Lipinski definition) is 2. The van der Waals surface area contributed by atoms with Gasteiger partial charge in [-0.2, -0.15) is 0 Å². The van der Waals surface area contributed by atoms with Crippen LogP contribution >= 0.6 is 12.2 Å². The summed E-state index contributed by atoms with van der Waals surface area (Å²) in [5.74, 6) is 0.495. The van der Waals surface area contributed by atoms with Gasteiger partial charge < -0.3 is 14.9 Å². The molecule has 0 saturated carbocycles. The number of carbonyl (C=O) groups excluding carboxylic acids is 1. The number of nitrogens with zero attached hydrogens (tertiary/aromatic N) is 1. The lowest BCUT2D eigenvalue weighted by molar-refractivity contribution is 0.0629. The topological polar surface area (TPSA) is 51.9 Å². The van der Waals surface area contributed by atoms with Crippen molar-refractivity contribution in [2.45, 2.75) is 20.3 Å². The van der Waals surface area contributed by atoms with E-state index in [1.165, 1.54) is 12.1 Å². The fourth-order valence-electron chi connectivity index (χ4n) is 2.89. The Morgan fingerprint density at radius 1 is 1.33 bits per heavy atom. The number of aromatic nitrogens is 2. The van der Waals surface area contributed by atoms with Gasteiger partial charge in [0.1, 0.15) is 5.82 Å². The number of benzene rings is 1. The molecule has 3 rings (SSSR count). The van der Waals surface area contributed by atoms with E-state index in [0.717, 1.165) is 6.42 Å². The van der Waals surface area contributed by atoms with Gasteiger partial charge in [0, 0.05) is 13.1 Å². The molecule has 1 saturated heterocycles.